The number of ether oxygens (including phenoxy) is 1. The van der Waals surface area contributed by atoms with Gasteiger partial charge in [-0.1, -0.05) is 30.7 Å². The van der Waals surface area contributed by atoms with Crippen LogP contribution in [-0.2, 0) is 25.5 Å². The van der Waals surface area contributed by atoms with Gasteiger partial charge in [0.05, 0.1) is 0 Å². The van der Waals surface area contributed by atoms with Crippen molar-refractivity contribution in [3.8, 4) is 0 Å². The van der Waals surface area contributed by atoms with Crippen molar-refractivity contribution in [2.75, 3.05) is 36.4 Å². The molecule has 0 bridgehead atoms. The zero-order chi connectivity index (χ0) is 29.9. The number of ketones is 2. The fourth-order valence-corrected chi connectivity index (χ4v) is 8.92. The number of anilines is 1. The summed E-state index contributed by atoms with van der Waals surface area (Å²) in [6.45, 7) is 3.15. The summed E-state index contributed by atoms with van der Waals surface area (Å²) < 4.78 is 5.41. The highest BCUT2D eigenvalue weighted by Gasteiger charge is 2.64. The van der Waals surface area contributed by atoms with Crippen molar-refractivity contribution in [2.45, 2.75) is 70.3 Å². The summed E-state index contributed by atoms with van der Waals surface area (Å²) in [4.78, 5) is 40.0. The molecule has 1 aromatic carbocycles. The van der Waals surface area contributed by atoms with Gasteiger partial charge in [0.2, 0.25) is 5.78 Å². The second kappa shape index (κ2) is 13.2. The summed E-state index contributed by atoms with van der Waals surface area (Å²) >= 11 is 11.8. The third kappa shape index (κ3) is 6.09. The average Bonchev–Trinajstić information content (AvgIpc) is 3.27. The Hall–Kier alpha value is -2.15. The molecule has 3 saturated carbocycles. The van der Waals surface area contributed by atoms with Gasteiger partial charge < -0.3 is 14.7 Å². The fraction of sp³-hybridized carbons (Fsp3) is 0.618. The first kappa shape index (κ1) is 31.3. The maximum absolute atomic E-state index is 13.4. The van der Waals surface area contributed by atoms with Crippen molar-refractivity contribution in [1.29, 1.82) is 0 Å². The first-order valence-electron chi connectivity index (χ1n) is 15.5. The van der Waals surface area contributed by atoms with Gasteiger partial charge in [0.1, 0.15) is 5.60 Å². The molecule has 0 radical (unpaired) electrons. The number of aliphatic hydroxyl groups is 1. The lowest BCUT2D eigenvalue weighted by Gasteiger charge is -2.54. The van der Waals surface area contributed by atoms with E-state index in [-0.39, 0.29) is 30.5 Å². The molecule has 0 saturated heterocycles. The lowest BCUT2D eigenvalue weighted by Crippen LogP contribution is -2.57. The average molecular weight is 617 g/mol. The molecule has 4 aliphatic carbocycles. The number of rotatable bonds is 12. The molecule has 8 heteroatoms. The smallest absolute Gasteiger partial charge is 0.306 e. The molecular weight excluding hydrogens is 573 g/mol. The normalized spacial score (nSPS) is 31.5. The van der Waals surface area contributed by atoms with Crippen LogP contribution in [0.25, 0.3) is 0 Å². The van der Waals surface area contributed by atoms with Gasteiger partial charge in [-0.2, -0.15) is 0 Å². The minimum Gasteiger partial charge on any atom is -0.458 e. The molecule has 42 heavy (non-hydrogen) atoms. The number of alkyl halides is 2. The van der Waals surface area contributed by atoms with Gasteiger partial charge in [-0.3, -0.25) is 14.4 Å². The predicted octanol–water partition coefficient (Wildman–Crippen LogP) is 6.05. The van der Waals surface area contributed by atoms with Gasteiger partial charge in [0.15, 0.2) is 12.4 Å². The number of hydrogen-bond acceptors (Lipinski definition) is 6. The standard InChI is InChI=1S/C34H43Cl2NO5/c1-33-15-13-28-27-12-10-26(38)21-24(27)7-11-29(28)30(33)14-16-34(33,41)31(39)22-42-32(40)4-2-3-23-5-8-25(9-6-23)37(19-17-35)20-18-36/h5-6,8-10,12,21,27-30,41H,2-4,7,11,13-20,22H2,1H3/t27-,28+,29+,30-,33-,34-/m1/s1. The highest BCUT2D eigenvalue weighted by molar-refractivity contribution is 6.18. The summed E-state index contributed by atoms with van der Waals surface area (Å²) in [7, 11) is 0. The number of aryl methyl sites for hydroxylation is 1. The lowest BCUT2D eigenvalue weighted by atomic mass is 9.51. The number of Topliss-reactive ketones (excluding diaryl/α,β-unsaturated/α-hetero) is 1. The monoisotopic (exact) mass is 615 g/mol. The molecule has 1 N–H and O–H groups in total. The molecule has 6 nitrogen and oxygen atoms in total. The number of benzene rings is 1. The molecule has 0 amide bonds. The molecule has 3 fully saturated rings. The Morgan fingerprint density at radius 1 is 1.05 bits per heavy atom. The number of hydrogen-bond donors (Lipinski definition) is 1. The van der Waals surface area contributed by atoms with Crippen LogP contribution in [0.1, 0.15) is 63.9 Å². The van der Waals surface area contributed by atoms with E-state index in [9.17, 15) is 19.5 Å². The second-order valence-corrected chi connectivity index (χ2v) is 13.6. The number of nitrogens with zero attached hydrogens (tertiary/aromatic N) is 1. The van der Waals surface area contributed by atoms with Crippen LogP contribution in [0.4, 0.5) is 5.69 Å². The maximum Gasteiger partial charge on any atom is 0.306 e. The molecular formula is C34H43Cl2NO5. The molecule has 228 valence electrons. The van der Waals surface area contributed by atoms with Crippen LogP contribution in [0.3, 0.4) is 0 Å². The Balaban J connectivity index is 1.11. The molecule has 4 aliphatic rings. The van der Waals surface area contributed by atoms with Gasteiger partial charge >= 0.3 is 5.97 Å². The van der Waals surface area contributed by atoms with Gasteiger partial charge in [-0.15, -0.1) is 23.2 Å². The molecule has 6 atom stereocenters. The van der Waals surface area contributed by atoms with Gasteiger partial charge in [-0.05, 0) is 99.0 Å². The van der Waals surface area contributed by atoms with Crippen LogP contribution < -0.4 is 4.90 Å². The van der Waals surface area contributed by atoms with Crippen molar-refractivity contribution in [3.63, 3.8) is 0 Å². The Morgan fingerprint density at radius 3 is 2.50 bits per heavy atom. The highest BCUT2D eigenvalue weighted by Crippen LogP contribution is 2.64. The molecule has 0 unspecified atom stereocenters. The van der Waals surface area contributed by atoms with Crippen molar-refractivity contribution in [2.24, 2.45) is 29.1 Å². The van der Waals surface area contributed by atoms with E-state index in [2.05, 4.69) is 30.0 Å². The van der Waals surface area contributed by atoms with E-state index in [1.54, 1.807) is 6.08 Å². The molecule has 1 aromatic rings. The largest absolute Gasteiger partial charge is 0.458 e. The second-order valence-electron chi connectivity index (χ2n) is 12.8. The fourth-order valence-electron chi connectivity index (χ4n) is 8.51. The lowest BCUT2D eigenvalue weighted by molar-refractivity contribution is -0.168. The number of carbonyl (C=O) groups excluding carboxylic acids is 3. The van der Waals surface area contributed by atoms with Crippen molar-refractivity contribution in [3.05, 3.63) is 53.6 Å². The minimum atomic E-state index is -1.47. The summed E-state index contributed by atoms with van der Waals surface area (Å²) in [5.74, 6) is 1.79. The number of halogens is 2. The summed E-state index contributed by atoms with van der Waals surface area (Å²) in [6.07, 6.45) is 12.0. The topological polar surface area (TPSA) is 83.9 Å². The van der Waals surface area contributed by atoms with Crippen LogP contribution in [0.15, 0.2) is 48.1 Å². The Bertz CT molecular complexity index is 1220. The van der Waals surface area contributed by atoms with Crippen LogP contribution in [-0.4, -0.2) is 59.7 Å². The summed E-state index contributed by atoms with van der Waals surface area (Å²) in [5, 5.41) is 11.8. The summed E-state index contributed by atoms with van der Waals surface area (Å²) in [6, 6.07) is 8.19. The van der Waals surface area contributed by atoms with Crippen molar-refractivity contribution >= 4 is 46.4 Å². The Kier molecular flexibility index (Phi) is 9.86. The maximum atomic E-state index is 13.4. The van der Waals surface area contributed by atoms with E-state index in [0.717, 1.165) is 62.9 Å². The van der Waals surface area contributed by atoms with E-state index >= 15 is 0 Å². The number of carbonyl (C=O) groups is 3. The van der Waals surface area contributed by atoms with Gasteiger partial charge in [-0.25, -0.2) is 0 Å². The number of esters is 1. The Morgan fingerprint density at radius 2 is 1.79 bits per heavy atom. The third-order valence-corrected chi connectivity index (χ3v) is 11.1. The third-order valence-electron chi connectivity index (χ3n) is 10.8. The quantitative estimate of drug-likeness (QED) is 0.227. The van der Waals surface area contributed by atoms with E-state index in [1.807, 2.05) is 18.2 Å². The molecule has 5 rings (SSSR count). The van der Waals surface area contributed by atoms with E-state index in [0.29, 0.717) is 42.4 Å². The first-order chi connectivity index (χ1) is 20.2. The predicted molar refractivity (Wildman–Crippen MR) is 166 cm³/mol. The van der Waals surface area contributed by atoms with Gasteiger partial charge in [0, 0.05) is 48.3 Å². The highest BCUT2D eigenvalue weighted by atomic mass is 35.5. The van der Waals surface area contributed by atoms with Crippen LogP contribution >= 0.6 is 23.2 Å². The number of fused-ring (bicyclic) bond motifs is 5. The van der Waals surface area contributed by atoms with Crippen molar-refractivity contribution in [1.82, 2.24) is 0 Å². The summed E-state index contributed by atoms with van der Waals surface area (Å²) in [5.41, 5.74) is 1.44. The van der Waals surface area contributed by atoms with E-state index < -0.39 is 17.0 Å². The SMILES string of the molecule is C[C@@]12CC[C@@H]3[C@H](CCC4=CC(=O)C=C[C@H]43)[C@H]1CC[C@@]2(O)C(=O)COC(=O)CCCc1ccc(N(CCCl)CCCl)cc1. The van der Waals surface area contributed by atoms with Crippen LogP contribution in [0.2, 0.25) is 0 Å². The van der Waals surface area contributed by atoms with Crippen LogP contribution in [0.5, 0.6) is 0 Å². The van der Waals surface area contributed by atoms with Crippen molar-refractivity contribution < 1.29 is 24.2 Å². The first-order valence-corrected chi connectivity index (χ1v) is 16.6. The Labute approximate surface area is 259 Å². The molecule has 0 aliphatic heterocycles. The zero-order valence-corrected chi connectivity index (χ0v) is 26.0. The zero-order valence-electron chi connectivity index (χ0n) is 24.5. The molecule has 0 spiro atoms. The molecule has 0 aromatic heterocycles. The minimum absolute atomic E-state index is 0.0816. The van der Waals surface area contributed by atoms with E-state index in [4.69, 9.17) is 27.9 Å². The van der Waals surface area contributed by atoms with E-state index in [1.165, 1.54) is 5.57 Å². The molecule has 0 heterocycles. The number of allylic oxidation sites excluding steroid dienone is 4. The van der Waals surface area contributed by atoms with Crippen LogP contribution in [0, 0.1) is 29.1 Å². The van der Waals surface area contributed by atoms with Gasteiger partial charge in [0.25, 0.3) is 0 Å².